The fraction of sp³-hybridized carbons (Fsp3) is 0.889. The van der Waals surface area contributed by atoms with Gasteiger partial charge >= 0.3 is 0 Å². The Morgan fingerprint density at radius 2 is 2.06 bits per heavy atom. The van der Waals surface area contributed by atoms with Crippen molar-refractivity contribution in [1.82, 2.24) is 5.32 Å². The largest absolute Gasteiger partial charge is 0.387 e. The van der Waals surface area contributed by atoms with Gasteiger partial charge < -0.3 is 36.5 Å². The Bertz CT molecular complexity index is 315. The smallest absolute Gasteiger partial charge is 0.252 e. The van der Waals surface area contributed by atoms with E-state index in [4.69, 9.17) is 20.9 Å². The molecule has 0 aromatic carbocycles. The second kappa shape index (κ2) is 4.48. The van der Waals surface area contributed by atoms with Crippen LogP contribution >= 0.6 is 0 Å². The molecule has 0 aromatic rings. The van der Waals surface area contributed by atoms with Crippen molar-refractivity contribution in [2.45, 2.75) is 30.2 Å². The molecule has 0 aromatic heterocycles. The molecule has 2 aliphatic heterocycles. The molecule has 2 aliphatic rings. The Morgan fingerprint density at radius 3 is 2.59 bits per heavy atom. The average Bonchev–Trinajstić information content (AvgIpc) is 2.84. The van der Waals surface area contributed by atoms with E-state index < -0.39 is 36.1 Å². The number of carbonyl (C=O) groups is 1. The van der Waals surface area contributed by atoms with E-state index in [-0.39, 0.29) is 6.54 Å². The van der Waals surface area contributed by atoms with Crippen molar-refractivity contribution in [2.24, 2.45) is 11.5 Å². The van der Waals surface area contributed by atoms with Crippen molar-refractivity contribution in [3.63, 3.8) is 0 Å². The Balaban J connectivity index is 2.07. The van der Waals surface area contributed by atoms with Crippen LogP contribution in [0, 0.1) is 0 Å². The number of ether oxygens (including phenoxy) is 2. The van der Waals surface area contributed by atoms with E-state index in [2.05, 4.69) is 5.32 Å². The van der Waals surface area contributed by atoms with Gasteiger partial charge in [0.2, 0.25) is 5.79 Å². The van der Waals surface area contributed by atoms with Crippen LogP contribution in [-0.4, -0.2) is 66.0 Å². The number of aliphatic hydroxyl groups excluding tert-OH is 2. The average molecular weight is 247 g/mol. The minimum absolute atomic E-state index is 0.137. The third-order valence-electron chi connectivity index (χ3n) is 3.06. The minimum Gasteiger partial charge on any atom is -0.387 e. The normalized spacial score (nSPS) is 44.0. The number of carbonyl (C=O) groups excluding carboxylic acids is 1. The zero-order valence-corrected chi connectivity index (χ0v) is 9.20. The number of aliphatic hydroxyl groups is 2. The molecule has 8 nitrogen and oxygen atoms in total. The van der Waals surface area contributed by atoms with Gasteiger partial charge in [-0.2, -0.15) is 0 Å². The minimum atomic E-state index is -1.48. The van der Waals surface area contributed by atoms with E-state index in [9.17, 15) is 15.0 Å². The van der Waals surface area contributed by atoms with Gasteiger partial charge in [0.15, 0.2) is 6.10 Å². The van der Waals surface area contributed by atoms with E-state index in [1.54, 1.807) is 0 Å². The topological polar surface area (TPSA) is 140 Å². The molecule has 0 spiro atoms. The highest BCUT2D eigenvalue weighted by atomic mass is 16.8. The lowest BCUT2D eigenvalue weighted by atomic mass is 9.97. The monoisotopic (exact) mass is 247 g/mol. The van der Waals surface area contributed by atoms with Gasteiger partial charge in [0.1, 0.15) is 18.3 Å². The van der Waals surface area contributed by atoms with E-state index in [0.29, 0.717) is 13.1 Å². The summed E-state index contributed by atoms with van der Waals surface area (Å²) in [5.74, 6) is -1.91. The maximum atomic E-state index is 11.7. The van der Waals surface area contributed by atoms with Crippen LogP contribution in [0.5, 0.6) is 0 Å². The Hall–Kier alpha value is -0.770. The molecular formula is C9H17N3O5. The van der Waals surface area contributed by atoms with E-state index >= 15 is 0 Å². The summed E-state index contributed by atoms with van der Waals surface area (Å²) in [6.07, 6.45) is -4.29. The third-order valence-corrected chi connectivity index (χ3v) is 3.06. The van der Waals surface area contributed by atoms with Gasteiger partial charge in [-0.15, -0.1) is 0 Å². The Morgan fingerprint density at radius 1 is 1.35 bits per heavy atom. The first-order valence-electron chi connectivity index (χ1n) is 5.45. The van der Waals surface area contributed by atoms with Gasteiger partial charge in [-0.3, -0.25) is 4.79 Å². The zero-order valence-electron chi connectivity index (χ0n) is 9.20. The van der Waals surface area contributed by atoms with Crippen molar-refractivity contribution in [2.75, 3.05) is 19.6 Å². The van der Waals surface area contributed by atoms with E-state index in [1.165, 1.54) is 0 Å². The van der Waals surface area contributed by atoms with Crippen molar-refractivity contribution >= 4 is 5.91 Å². The molecule has 2 saturated heterocycles. The lowest BCUT2D eigenvalue weighted by Gasteiger charge is -2.32. The molecule has 0 saturated carbocycles. The van der Waals surface area contributed by atoms with Gasteiger partial charge in [0.05, 0.1) is 6.54 Å². The van der Waals surface area contributed by atoms with Crippen molar-refractivity contribution in [3.05, 3.63) is 0 Å². The summed E-state index contributed by atoms with van der Waals surface area (Å²) in [5, 5.41) is 21.9. The second-order valence-electron chi connectivity index (χ2n) is 4.15. The maximum Gasteiger partial charge on any atom is 0.252 e. The Labute approximate surface area is 97.9 Å². The van der Waals surface area contributed by atoms with E-state index in [0.717, 1.165) is 0 Å². The molecule has 0 aliphatic carbocycles. The fourth-order valence-corrected chi connectivity index (χ4v) is 2.15. The number of rotatable bonds is 4. The number of nitrogens with two attached hydrogens (primary N) is 2. The molecule has 0 unspecified atom stereocenters. The molecule has 5 atom stereocenters. The van der Waals surface area contributed by atoms with Crippen LogP contribution in [-0.2, 0) is 14.3 Å². The molecule has 0 radical (unpaired) electrons. The van der Waals surface area contributed by atoms with Crippen LogP contribution in [0.25, 0.3) is 0 Å². The number of amides is 1. The third kappa shape index (κ3) is 1.82. The van der Waals surface area contributed by atoms with Crippen LogP contribution in [0.4, 0.5) is 0 Å². The molecule has 2 bridgehead atoms. The Kier molecular flexibility index (Phi) is 3.34. The molecule has 2 heterocycles. The predicted octanol–water partition coefficient (Wildman–Crippen LogP) is -3.76. The highest BCUT2D eigenvalue weighted by molar-refractivity contribution is 5.82. The predicted molar refractivity (Wildman–Crippen MR) is 55.6 cm³/mol. The molecule has 7 N–H and O–H groups in total. The number of fused-ring (bicyclic) bond motifs is 2. The molecule has 98 valence electrons. The lowest BCUT2D eigenvalue weighted by Crippen LogP contribution is -2.58. The first kappa shape index (κ1) is 12.7. The van der Waals surface area contributed by atoms with Crippen molar-refractivity contribution in [1.29, 1.82) is 0 Å². The van der Waals surface area contributed by atoms with Gasteiger partial charge in [-0.1, -0.05) is 0 Å². The molecule has 1 amide bonds. The highest BCUT2D eigenvalue weighted by Crippen LogP contribution is 2.42. The summed E-state index contributed by atoms with van der Waals surface area (Å²) in [6.45, 7) is 0.472. The first-order valence-corrected chi connectivity index (χ1v) is 5.45. The fourth-order valence-electron chi connectivity index (χ4n) is 2.15. The first-order chi connectivity index (χ1) is 8.05. The van der Waals surface area contributed by atoms with Gasteiger partial charge in [0.25, 0.3) is 5.91 Å². The van der Waals surface area contributed by atoms with Crippen LogP contribution < -0.4 is 16.8 Å². The number of hydrogen-bond acceptors (Lipinski definition) is 7. The summed E-state index contributed by atoms with van der Waals surface area (Å²) in [6, 6.07) is 0. The number of nitrogens with one attached hydrogen (secondary N) is 1. The van der Waals surface area contributed by atoms with Crippen molar-refractivity contribution in [3.8, 4) is 0 Å². The number of hydrogen-bond donors (Lipinski definition) is 5. The van der Waals surface area contributed by atoms with E-state index in [1.807, 2.05) is 0 Å². The summed E-state index contributed by atoms with van der Waals surface area (Å²) < 4.78 is 10.6. The maximum absolute atomic E-state index is 11.7. The van der Waals surface area contributed by atoms with Crippen molar-refractivity contribution < 1.29 is 24.5 Å². The SMILES string of the molecule is NCCNC(=O)[C@H]1O[C@@]2(CN)O[C@@H]1[C@H](O)[C@H]2O. The highest BCUT2D eigenvalue weighted by Gasteiger charge is 2.65. The molecule has 17 heavy (non-hydrogen) atoms. The van der Waals surface area contributed by atoms with Crippen LogP contribution in [0.1, 0.15) is 0 Å². The molecule has 2 rings (SSSR count). The van der Waals surface area contributed by atoms with Gasteiger partial charge in [0, 0.05) is 13.1 Å². The molecule has 2 fully saturated rings. The van der Waals surface area contributed by atoms with Gasteiger partial charge in [-0.05, 0) is 0 Å². The molecular weight excluding hydrogens is 230 g/mol. The van der Waals surface area contributed by atoms with Crippen LogP contribution in [0.15, 0.2) is 0 Å². The van der Waals surface area contributed by atoms with Crippen LogP contribution in [0.2, 0.25) is 0 Å². The van der Waals surface area contributed by atoms with Gasteiger partial charge in [-0.25, -0.2) is 0 Å². The summed E-state index contributed by atoms with van der Waals surface area (Å²) in [7, 11) is 0. The zero-order chi connectivity index (χ0) is 12.6. The summed E-state index contributed by atoms with van der Waals surface area (Å²) in [5.41, 5.74) is 10.7. The quantitative estimate of drug-likeness (QED) is 0.343. The molecule has 8 heteroatoms. The standard InChI is InChI=1S/C9H17N3O5/c10-1-2-12-8(15)6-5-4(13)7(14)9(3-11,16-5)17-6/h4-7,13-14H,1-3,10-11H2,(H,12,15)/t4-,5+,6-,7+,9+/m0/s1. The summed E-state index contributed by atoms with van der Waals surface area (Å²) >= 11 is 0. The second-order valence-corrected chi connectivity index (χ2v) is 4.15. The lowest BCUT2D eigenvalue weighted by molar-refractivity contribution is -0.213. The van der Waals surface area contributed by atoms with Crippen LogP contribution in [0.3, 0.4) is 0 Å². The summed E-state index contributed by atoms with van der Waals surface area (Å²) in [4.78, 5) is 11.7.